The van der Waals surface area contributed by atoms with Crippen LogP contribution in [0.5, 0.6) is 0 Å². The maximum atomic E-state index is 12.2. The van der Waals surface area contributed by atoms with Gasteiger partial charge in [0, 0.05) is 20.3 Å². The van der Waals surface area contributed by atoms with Gasteiger partial charge in [-0.3, -0.25) is 19.4 Å². The molecule has 0 spiro atoms. The molecule has 8 nitrogen and oxygen atoms in total. The van der Waals surface area contributed by atoms with Crippen LogP contribution < -0.4 is 5.43 Å². The number of benzene rings is 1. The summed E-state index contributed by atoms with van der Waals surface area (Å²) in [5.74, 6) is -1.32. The molecule has 25 heavy (non-hydrogen) atoms. The van der Waals surface area contributed by atoms with Crippen LogP contribution in [0.1, 0.15) is 25.8 Å². The first-order valence-electron chi connectivity index (χ1n) is 7.96. The van der Waals surface area contributed by atoms with Gasteiger partial charge in [-0.15, -0.1) is 0 Å². The molecule has 1 heterocycles. The van der Waals surface area contributed by atoms with Gasteiger partial charge in [-0.05, 0) is 5.56 Å². The van der Waals surface area contributed by atoms with E-state index in [2.05, 4.69) is 5.43 Å². The van der Waals surface area contributed by atoms with Crippen LogP contribution in [0, 0.1) is 0 Å². The number of hydrogen-bond donors (Lipinski definition) is 2. The maximum absolute atomic E-state index is 12.2. The molecule has 2 N–H and O–H groups in total. The molecule has 2 rings (SSSR count). The molecule has 0 unspecified atom stereocenters. The van der Waals surface area contributed by atoms with E-state index in [0.29, 0.717) is 6.54 Å². The van der Waals surface area contributed by atoms with Crippen LogP contribution >= 0.6 is 0 Å². The molecule has 8 heteroatoms. The van der Waals surface area contributed by atoms with Crippen molar-refractivity contribution in [2.45, 2.75) is 45.1 Å². The molecule has 1 aromatic rings. The van der Waals surface area contributed by atoms with E-state index in [-0.39, 0.29) is 18.9 Å². The SMILES string of the molecule is CC(=O)OC[C@@H](O)[C@@H](OC(C)=O)[C@@H]1CC(=O)N(Cc2ccccc2)N1. The Morgan fingerprint density at radius 2 is 1.96 bits per heavy atom. The number of nitrogens with zero attached hydrogens (tertiary/aromatic N) is 1. The highest BCUT2D eigenvalue weighted by Gasteiger charge is 2.40. The highest BCUT2D eigenvalue weighted by Crippen LogP contribution is 2.19. The van der Waals surface area contributed by atoms with Crippen LogP contribution in [-0.2, 0) is 30.4 Å². The molecular formula is C17H22N2O6. The number of nitrogens with one attached hydrogen (secondary N) is 1. The molecule has 0 saturated carbocycles. The van der Waals surface area contributed by atoms with Crippen molar-refractivity contribution in [3.63, 3.8) is 0 Å². The zero-order valence-electron chi connectivity index (χ0n) is 14.2. The highest BCUT2D eigenvalue weighted by molar-refractivity contribution is 5.78. The average molecular weight is 350 g/mol. The molecule has 1 aromatic carbocycles. The predicted molar refractivity (Wildman–Crippen MR) is 86.7 cm³/mol. The van der Waals surface area contributed by atoms with Gasteiger partial charge in [-0.2, -0.15) is 0 Å². The van der Waals surface area contributed by atoms with Crippen molar-refractivity contribution < 1.29 is 29.0 Å². The number of esters is 2. The second-order valence-electron chi connectivity index (χ2n) is 5.85. The van der Waals surface area contributed by atoms with Crippen molar-refractivity contribution in [2.24, 2.45) is 0 Å². The normalized spacial score (nSPS) is 19.4. The Labute approximate surface area is 145 Å². The topological polar surface area (TPSA) is 105 Å². The molecule has 1 aliphatic heterocycles. The fraction of sp³-hybridized carbons (Fsp3) is 0.471. The smallest absolute Gasteiger partial charge is 0.303 e. The molecule has 1 aliphatic rings. The van der Waals surface area contributed by atoms with Crippen molar-refractivity contribution in [1.29, 1.82) is 0 Å². The summed E-state index contributed by atoms with van der Waals surface area (Å²) in [5, 5.41) is 11.6. The third-order valence-corrected chi connectivity index (χ3v) is 3.74. The predicted octanol–water partition coefficient (Wildman–Crippen LogP) is 0.148. The third-order valence-electron chi connectivity index (χ3n) is 3.74. The lowest BCUT2D eigenvalue weighted by Crippen LogP contribution is -2.50. The van der Waals surface area contributed by atoms with Gasteiger partial charge in [0.1, 0.15) is 18.8 Å². The summed E-state index contributed by atoms with van der Waals surface area (Å²) in [5.41, 5.74) is 3.91. The maximum Gasteiger partial charge on any atom is 0.303 e. The largest absolute Gasteiger partial charge is 0.463 e. The molecule has 1 saturated heterocycles. The van der Waals surface area contributed by atoms with Gasteiger partial charge in [0.15, 0.2) is 0 Å². The number of aliphatic hydroxyl groups is 1. The van der Waals surface area contributed by atoms with E-state index in [1.165, 1.54) is 18.9 Å². The fourth-order valence-electron chi connectivity index (χ4n) is 2.62. The van der Waals surface area contributed by atoms with Crippen LogP contribution in [-0.4, -0.2) is 52.8 Å². The number of ether oxygens (including phenoxy) is 2. The lowest BCUT2D eigenvalue weighted by molar-refractivity contribution is -0.161. The van der Waals surface area contributed by atoms with Crippen molar-refractivity contribution in [3.8, 4) is 0 Å². The van der Waals surface area contributed by atoms with Crippen molar-refractivity contribution in [3.05, 3.63) is 35.9 Å². The van der Waals surface area contributed by atoms with Gasteiger partial charge in [-0.1, -0.05) is 30.3 Å². The number of carbonyl (C=O) groups is 3. The Balaban J connectivity index is 2.03. The van der Waals surface area contributed by atoms with E-state index in [9.17, 15) is 19.5 Å². The van der Waals surface area contributed by atoms with E-state index < -0.39 is 30.2 Å². The van der Waals surface area contributed by atoms with Gasteiger partial charge in [0.25, 0.3) is 0 Å². The number of amides is 1. The van der Waals surface area contributed by atoms with Crippen molar-refractivity contribution >= 4 is 17.8 Å². The van der Waals surface area contributed by atoms with Gasteiger partial charge < -0.3 is 14.6 Å². The summed E-state index contributed by atoms with van der Waals surface area (Å²) in [6, 6.07) is 8.80. The van der Waals surface area contributed by atoms with Gasteiger partial charge in [0.2, 0.25) is 5.91 Å². The van der Waals surface area contributed by atoms with E-state index in [1.54, 1.807) is 0 Å². The van der Waals surface area contributed by atoms with E-state index in [4.69, 9.17) is 9.47 Å². The Bertz CT molecular complexity index is 621. The molecule has 1 fully saturated rings. The summed E-state index contributed by atoms with van der Waals surface area (Å²) in [4.78, 5) is 34.5. The Morgan fingerprint density at radius 3 is 2.56 bits per heavy atom. The van der Waals surface area contributed by atoms with Gasteiger partial charge in [-0.25, -0.2) is 5.43 Å². The minimum absolute atomic E-state index is 0.0575. The zero-order valence-corrected chi connectivity index (χ0v) is 14.2. The van der Waals surface area contributed by atoms with Gasteiger partial charge in [0.05, 0.1) is 12.6 Å². The molecular weight excluding hydrogens is 328 g/mol. The lowest BCUT2D eigenvalue weighted by Gasteiger charge is -2.28. The summed E-state index contributed by atoms with van der Waals surface area (Å²) in [7, 11) is 0. The van der Waals surface area contributed by atoms with Crippen LogP contribution in [0.3, 0.4) is 0 Å². The third kappa shape index (κ3) is 5.54. The molecule has 0 bridgehead atoms. The van der Waals surface area contributed by atoms with E-state index in [1.807, 2.05) is 30.3 Å². The average Bonchev–Trinajstić information content (AvgIpc) is 2.91. The monoisotopic (exact) mass is 350 g/mol. The number of aliphatic hydroxyl groups excluding tert-OH is 1. The number of hydrazine groups is 1. The molecule has 136 valence electrons. The Morgan fingerprint density at radius 1 is 1.28 bits per heavy atom. The van der Waals surface area contributed by atoms with Gasteiger partial charge >= 0.3 is 11.9 Å². The summed E-state index contributed by atoms with van der Waals surface area (Å²) in [6.07, 6.45) is -2.20. The fourth-order valence-corrected chi connectivity index (χ4v) is 2.62. The minimum atomic E-state index is -1.24. The number of carbonyl (C=O) groups excluding carboxylic acids is 3. The Hall–Kier alpha value is -2.45. The van der Waals surface area contributed by atoms with Crippen LogP contribution in [0.2, 0.25) is 0 Å². The summed E-state index contributed by atoms with van der Waals surface area (Å²) >= 11 is 0. The van der Waals surface area contributed by atoms with E-state index >= 15 is 0 Å². The van der Waals surface area contributed by atoms with Crippen molar-refractivity contribution in [1.82, 2.24) is 10.4 Å². The first-order chi connectivity index (χ1) is 11.9. The molecule has 3 atom stereocenters. The molecule has 0 aliphatic carbocycles. The lowest BCUT2D eigenvalue weighted by atomic mass is 10.0. The highest BCUT2D eigenvalue weighted by atomic mass is 16.6. The number of rotatable bonds is 7. The summed E-state index contributed by atoms with van der Waals surface area (Å²) in [6.45, 7) is 2.46. The quantitative estimate of drug-likeness (QED) is 0.674. The van der Waals surface area contributed by atoms with Crippen LogP contribution in [0.25, 0.3) is 0 Å². The first kappa shape index (κ1) is 18.9. The number of hydrogen-bond acceptors (Lipinski definition) is 7. The van der Waals surface area contributed by atoms with Crippen LogP contribution in [0.4, 0.5) is 0 Å². The van der Waals surface area contributed by atoms with Crippen LogP contribution in [0.15, 0.2) is 30.3 Å². The minimum Gasteiger partial charge on any atom is -0.463 e. The summed E-state index contributed by atoms with van der Waals surface area (Å²) < 4.78 is 9.92. The second kappa shape index (κ2) is 8.59. The Kier molecular flexibility index (Phi) is 6.49. The first-order valence-corrected chi connectivity index (χ1v) is 7.96. The molecule has 0 radical (unpaired) electrons. The standard InChI is InChI=1S/C17H22N2O6/c1-11(20)24-10-15(22)17(25-12(2)21)14-8-16(23)19(18-14)9-13-6-4-3-5-7-13/h3-7,14-15,17-18,22H,8-10H2,1-2H3/t14-,15+,17-/m0/s1. The molecule has 1 amide bonds. The zero-order chi connectivity index (χ0) is 18.4. The second-order valence-corrected chi connectivity index (χ2v) is 5.85. The molecule has 0 aromatic heterocycles. The van der Waals surface area contributed by atoms with E-state index in [0.717, 1.165) is 5.56 Å². The van der Waals surface area contributed by atoms with Crippen molar-refractivity contribution in [2.75, 3.05) is 6.61 Å².